The van der Waals surface area contributed by atoms with Gasteiger partial charge in [0.05, 0.1) is 0 Å². The number of aryl methyl sites for hydroxylation is 2. The summed E-state index contributed by atoms with van der Waals surface area (Å²) >= 11 is 3.95. The first-order valence-corrected chi connectivity index (χ1v) is 18.8. The van der Waals surface area contributed by atoms with E-state index in [1.807, 2.05) is 22.7 Å². The van der Waals surface area contributed by atoms with Gasteiger partial charge in [0.1, 0.15) is 0 Å². The standard InChI is InChI=1S/C40H54S2/c1-3-5-7-9-11-13-15-17-19-37-29-31-39(41-37)35-25-21-33(22-26-35)34-23-27-36(28-24-34)40-32-30-38(42-40)20-18-16-14-12-10-8-6-4-2/h21-32H,3-20H2,1-2H3. The van der Waals surface area contributed by atoms with Crippen LogP contribution in [0.5, 0.6) is 0 Å². The molecular weight excluding hydrogens is 545 g/mol. The van der Waals surface area contributed by atoms with E-state index in [0.29, 0.717) is 0 Å². The Morgan fingerprint density at radius 3 is 1.00 bits per heavy atom. The van der Waals surface area contributed by atoms with E-state index in [9.17, 15) is 0 Å². The summed E-state index contributed by atoms with van der Waals surface area (Å²) < 4.78 is 0. The minimum absolute atomic E-state index is 1.23. The molecule has 0 spiro atoms. The van der Waals surface area contributed by atoms with Gasteiger partial charge >= 0.3 is 0 Å². The monoisotopic (exact) mass is 598 g/mol. The van der Waals surface area contributed by atoms with E-state index in [0.717, 1.165) is 0 Å². The second-order valence-corrected chi connectivity index (χ2v) is 14.5. The zero-order chi connectivity index (χ0) is 29.2. The Labute approximate surface area is 265 Å². The van der Waals surface area contributed by atoms with E-state index in [2.05, 4.69) is 86.6 Å². The summed E-state index contributed by atoms with van der Waals surface area (Å²) in [7, 11) is 0. The summed E-state index contributed by atoms with van der Waals surface area (Å²) in [5.41, 5.74) is 5.26. The van der Waals surface area contributed by atoms with Crippen molar-refractivity contribution in [2.24, 2.45) is 0 Å². The predicted octanol–water partition coefficient (Wildman–Crippen LogP) is 14.2. The van der Waals surface area contributed by atoms with Crippen molar-refractivity contribution >= 4 is 22.7 Å². The molecule has 4 rings (SSSR count). The minimum Gasteiger partial charge on any atom is -0.140 e. The van der Waals surface area contributed by atoms with Gasteiger partial charge < -0.3 is 0 Å². The molecule has 2 aromatic carbocycles. The second kappa shape index (κ2) is 19.2. The van der Waals surface area contributed by atoms with Crippen LogP contribution in [-0.2, 0) is 12.8 Å². The molecule has 0 saturated carbocycles. The summed E-state index contributed by atoms with van der Waals surface area (Å²) in [6, 6.07) is 27.7. The van der Waals surface area contributed by atoms with Gasteiger partial charge in [0.2, 0.25) is 0 Å². The third-order valence-corrected chi connectivity index (χ3v) is 10.9. The van der Waals surface area contributed by atoms with Crippen molar-refractivity contribution in [3.8, 4) is 32.0 Å². The smallest absolute Gasteiger partial charge is 0.0345 e. The molecule has 0 atom stereocenters. The molecule has 0 unspecified atom stereocenters. The molecule has 42 heavy (non-hydrogen) atoms. The van der Waals surface area contributed by atoms with Crippen LogP contribution in [0.25, 0.3) is 32.0 Å². The number of thiophene rings is 2. The zero-order valence-corrected chi connectivity index (χ0v) is 28.1. The van der Waals surface area contributed by atoms with Crippen molar-refractivity contribution in [3.05, 3.63) is 82.6 Å². The molecule has 0 aliphatic heterocycles. The molecule has 2 heterocycles. The normalized spacial score (nSPS) is 11.4. The third kappa shape index (κ3) is 11.2. The molecule has 0 saturated heterocycles. The van der Waals surface area contributed by atoms with Gasteiger partial charge in [-0.1, -0.05) is 152 Å². The van der Waals surface area contributed by atoms with Crippen molar-refractivity contribution in [2.75, 3.05) is 0 Å². The lowest BCUT2D eigenvalue weighted by atomic mass is 10.0. The zero-order valence-electron chi connectivity index (χ0n) is 26.5. The Hall–Kier alpha value is -2.16. The van der Waals surface area contributed by atoms with Crippen molar-refractivity contribution < 1.29 is 0 Å². The van der Waals surface area contributed by atoms with Crippen molar-refractivity contribution in [1.82, 2.24) is 0 Å². The van der Waals surface area contributed by atoms with Gasteiger partial charge in [0.25, 0.3) is 0 Å². The van der Waals surface area contributed by atoms with Gasteiger partial charge in [0, 0.05) is 19.5 Å². The lowest BCUT2D eigenvalue weighted by Gasteiger charge is -2.05. The molecule has 4 aromatic rings. The van der Waals surface area contributed by atoms with Gasteiger partial charge in [-0.3, -0.25) is 0 Å². The van der Waals surface area contributed by atoms with Crippen molar-refractivity contribution in [1.29, 1.82) is 0 Å². The topological polar surface area (TPSA) is 0 Å². The highest BCUT2D eigenvalue weighted by atomic mass is 32.1. The van der Waals surface area contributed by atoms with Crippen LogP contribution in [0.4, 0.5) is 0 Å². The molecule has 0 bridgehead atoms. The number of benzene rings is 2. The lowest BCUT2D eigenvalue weighted by molar-refractivity contribution is 0.576. The van der Waals surface area contributed by atoms with Crippen molar-refractivity contribution in [2.45, 2.75) is 129 Å². The first kappa shape index (κ1) is 32.7. The molecule has 226 valence electrons. The summed E-state index contributed by atoms with van der Waals surface area (Å²) in [4.78, 5) is 5.86. The van der Waals surface area contributed by atoms with Gasteiger partial charge in [-0.15, -0.1) is 22.7 Å². The van der Waals surface area contributed by atoms with E-state index in [-0.39, 0.29) is 0 Å². The molecule has 0 aliphatic carbocycles. The van der Waals surface area contributed by atoms with Gasteiger partial charge in [-0.25, -0.2) is 0 Å². The maximum Gasteiger partial charge on any atom is 0.0345 e. The Bertz CT molecular complexity index is 1140. The fraction of sp³-hybridized carbons (Fsp3) is 0.500. The SMILES string of the molecule is CCCCCCCCCCc1ccc(-c2ccc(-c3ccc(-c4ccc(CCCCCCCCCC)s4)cc3)cc2)s1. The number of hydrogen-bond acceptors (Lipinski definition) is 2. The van der Waals surface area contributed by atoms with Gasteiger partial charge in [0.15, 0.2) is 0 Å². The molecule has 0 fully saturated rings. The van der Waals surface area contributed by atoms with Crippen LogP contribution >= 0.6 is 22.7 Å². The minimum atomic E-state index is 1.23. The van der Waals surface area contributed by atoms with E-state index in [4.69, 9.17) is 0 Å². The molecular formula is C40H54S2. The summed E-state index contributed by atoms with van der Waals surface area (Å²) in [6.07, 6.45) is 24.7. The average molecular weight is 599 g/mol. The van der Waals surface area contributed by atoms with Crippen molar-refractivity contribution in [3.63, 3.8) is 0 Å². The largest absolute Gasteiger partial charge is 0.140 e. The number of hydrogen-bond donors (Lipinski definition) is 0. The average Bonchev–Trinajstić information content (AvgIpc) is 3.70. The Kier molecular flexibility index (Phi) is 15.0. The second-order valence-electron chi connectivity index (χ2n) is 12.1. The van der Waals surface area contributed by atoms with Crippen LogP contribution in [0.3, 0.4) is 0 Å². The Morgan fingerprint density at radius 1 is 0.333 bits per heavy atom. The number of rotatable bonds is 21. The lowest BCUT2D eigenvalue weighted by Crippen LogP contribution is -1.83. The highest BCUT2D eigenvalue weighted by Gasteiger charge is 2.07. The molecule has 0 amide bonds. The van der Waals surface area contributed by atoms with Gasteiger partial charge in [-0.2, -0.15) is 0 Å². The third-order valence-electron chi connectivity index (χ3n) is 8.55. The van der Waals surface area contributed by atoms with Crippen LogP contribution in [0.2, 0.25) is 0 Å². The van der Waals surface area contributed by atoms with Gasteiger partial charge in [-0.05, 0) is 72.2 Å². The van der Waals surface area contributed by atoms with E-state index < -0.39 is 0 Å². The van der Waals surface area contributed by atoms with Crippen LogP contribution < -0.4 is 0 Å². The first-order valence-electron chi connectivity index (χ1n) is 17.2. The number of unbranched alkanes of at least 4 members (excludes halogenated alkanes) is 14. The van der Waals surface area contributed by atoms with Crippen LogP contribution in [0, 0.1) is 0 Å². The fourth-order valence-corrected chi connectivity index (χ4v) is 7.96. The fourth-order valence-electron chi connectivity index (χ4n) is 5.85. The maximum atomic E-state index is 2.35. The summed E-state index contributed by atoms with van der Waals surface area (Å²) in [5.74, 6) is 0. The van der Waals surface area contributed by atoms with Crippen LogP contribution in [0.15, 0.2) is 72.8 Å². The van der Waals surface area contributed by atoms with E-state index >= 15 is 0 Å². The van der Waals surface area contributed by atoms with E-state index in [1.54, 1.807) is 0 Å². The molecule has 2 aromatic heterocycles. The highest BCUT2D eigenvalue weighted by Crippen LogP contribution is 2.33. The molecule has 0 nitrogen and oxygen atoms in total. The summed E-state index contributed by atoms with van der Waals surface area (Å²) in [6.45, 7) is 4.58. The Morgan fingerprint density at radius 2 is 0.643 bits per heavy atom. The molecule has 0 N–H and O–H groups in total. The van der Waals surface area contributed by atoms with E-state index in [1.165, 1.54) is 157 Å². The quantitative estimate of drug-likeness (QED) is 0.0837. The highest BCUT2D eigenvalue weighted by molar-refractivity contribution is 7.15. The Balaban J connectivity index is 1.20. The molecule has 2 heteroatoms. The molecule has 0 radical (unpaired) electrons. The molecule has 0 aliphatic rings. The first-order chi connectivity index (χ1) is 20.8. The summed E-state index contributed by atoms with van der Waals surface area (Å²) in [5, 5.41) is 0. The van der Waals surface area contributed by atoms with Crippen LogP contribution in [-0.4, -0.2) is 0 Å². The van der Waals surface area contributed by atoms with Crippen LogP contribution in [0.1, 0.15) is 126 Å². The predicted molar refractivity (Wildman–Crippen MR) is 191 cm³/mol. The maximum absolute atomic E-state index is 2.35.